The van der Waals surface area contributed by atoms with Crippen LogP contribution in [0.15, 0.2) is 78.4 Å². The van der Waals surface area contributed by atoms with Crippen LogP contribution in [-0.4, -0.2) is 18.9 Å². The summed E-state index contributed by atoms with van der Waals surface area (Å²) in [6, 6.07) is 21.6. The van der Waals surface area contributed by atoms with Crippen molar-refractivity contribution in [3.8, 4) is 11.5 Å². The second-order valence-electron chi connectivity index (χ2n) is 6.80. The number of hydrogen-bond donors (Lipinski definition) is 1. The molecule has 0 radical (unpaired) electrons. The minimum Gasteiger partial charge on any atom is -0.493 e. The molecule has 0 bridgehead atoms. The molecule has 1 saturated heterocycles. The number of rotatable bonds is 6. The fourth-order valence-electron chi connectivity index (χ4n) is 3.12. The summed E-state index contributed by atoms with van der Waals surface area (Å²) in [7, 11) is 1.54. The zero-order valence-electron chi connectivity index (χ0n) is 16.7. The van der Waals surface area contributed by atoms with E-state index < -0.39 is 11.8 Å². The van der Waals surface area contributed by atoms with E-state index in [4.69, 9.17) is 21.1 Å². The van der Waals surface area contributed by atoms with Crippen LogP contribution in [0.5, 0.6) is 11.5 Å². The van der Waals surface area contributed by atoms with Crippen molar-refractivity contribution in [2.45, 2.75) is 6.61 Å². The number of halogens is 1. The molecular formula is C24H19ClN2O4. The van der Waals surface area contributed by atoms with Crippen LogP contribution in [-0.2, 0) is 16.2 Å². The van der Waals surface area contributed by atoms with Crippen LogP contribution in [0, 0.1) is 0 Å². The molecule has 1 fully saturated rings. The number of hydrogen-bond acceptors (Lipinski definition) is 4. The number of carbonyl (C=O) groups is 2. The van der Waals surface area contributed by atoms with Crippen LogP contribution in [0.4, 0.5) is 5.69 Å². The number of nitrogens with zero attached hydrogens (tertiary/aromatic N) is 1. The van der Waals surface area contributed by atoms with E-state index in [2.05, 4.69) is 5.43 Å². The van der Waals surface area contributed by atoms with Crippen molar-refractivity contribution in [2.24, 2.45) is 0 Å². The molecule has 1 heterocycles. The Labute approximate surface area is 184 Å². The molecule has 3 aromatic rings. The maximum atomic E-state index is 12.8. The molecule has 2 amide bonds. The fourth-order valence-corrected chi connectivity index (χ4v) is 3.25. The number of methoxy groups -OCH3 is 1. The van der Waals surface area contributed by atoms with E-state index in [0.29, 0.717) is 34.4 Å². The van der Waals surface area contributed by atoms with E-state index in [1.165, 1.54) is 18.2 Å². The van der Waals surface area contributed by atoms with Gasteiger partial charge in [0.15, 0.2) is 11.5 Å². The number of anilines is 1. The Morgan fingerprint density at radius 3 is 2.42 bits per heavy atom. The summed E-state index contributed by atoms with van der Waals surface area (Å²) in [6.07, 6.45) is 1.52. The Kier molecular flexibility index (Phi) is 5.91. The van der Waals surface area contributed by atoms with Crippen molar-refractivity contribution in [3.63, 3.8) is 0 Å². The van der Waals surface area contributed by atoms with Crippen LogP contribution < -0.4 is 19.9 Å². The largest absolute Gasteiger partial charge is 0.493 e. The first-order valence-corrected chi connectivity index (χ1v) is 9.90. The van der Waals surface area contributed by atoms with E-state index in [0.717, 1.165) is 5.56 Å². The van der Waals surface area contributed by atoms with Crippen LogP contribution in [0.1, 0.15) is 11.1 Å². The van der Waals surface area contributed by atoms with Crippen LogP contribution >= 0.6 is 11.6 Å². The number of hydrazine groups is 1. The van der Waals surface area contributed by atoms with Gasteiger partial charge in [-0.05, 0) is 53.6 Å². The SMILES string of the molecule is COc1cc(/C=C2\C(=O)NN(c3ccc(Cl)cc3)C2=O)ccc1OCc1ccccc1. The van der Waals surface area contributed by atoms with E-state index in [1.807, 2.05) is 30.3 Å². The van der Waals surface area contributed by atoms with Gasteiger partial charge in [0.1, 0.15) is 12.2 Å². The molecule has 1 aliphatic rings. The fraction of sp³-hybridized carbons (Fsp3) is 0.0833. The molecule has 7 heteroatoms. The smallest absolute Gasteiger partial charge is 0.282 e. The first-order valence-electron chi connectivity index (χ1n) is 9.52. The van der Waals surface area contributed by atoms with Gasteiger partial charge in [-0.1, -0.05) is 48.0 Å². The highest BCUT2D eigenvalue weighted by molar-refractivity contribution is 6.32. The highest BCUT2D eigenvalue weighted by Gasteiger charge is 2.34. The molecule has 6 nitrogen and oxygen atoms in total. The highest BCUT2D eigenvalue weighted by atomic mass is 35.5. The van der Waals surface area contributed by atoms with Crippen molar-refractivity contribution in [1.29, 1.82) is 0 Å². The quantitative estimate of drug-likeness (QED) is 0.461. The molecule has 0 spiro atoms. The summed E-state index contributed by atoms with van der Waals surface area (Å²) in [5, 5.41) is 1.73. The number of amides is 2. The summed E-state index contributed by atoms with van der Waals surface area (Å²) < 4.78 is 11.3. The maximum absolute atomic E-state index is 12.8. The third-order valence-electron chi connectivity index (χ3n) is 4.71. The zero-order chi connectivity index (χ0) is 21.8. The Bertz CT molecular complexity index is 1140. The van der Waals surface area contributed by atoms with Crippen LogP contribution in [0.3, 0.4) is 0 Å². The van der Waals surface area contributed by atoms with E-state index in [1.54, 1.807) is 42.5 Å². The summed E-state index contributed by atoms with van der Waals surface area (Å²) in [5.74, 6) is 0.142. The van der Waals surface area contributed by atoms with Crippen molar-refractivity contribution in [3.05, 3.63) is 94.5 Å². The molecule has 0 atom stereocenters. The number of ether oxygens (including phenoxy) is 2. The minimum atomic E-state index is -0.483. The molecular weight excluding hydrogens is 416 g/mol. The predicted octanol–water partition coefficient (Wildman–Crippen LogP) is 4.39. The van der Waals surface area contributed by atoms with Crippen molar-refractivity contribution in [2.75, 3.05) is 12.1 Å². The van der Waals surface area contributed by atoms with Gasteiger partial charge in [0.2, 0.25) is 0 Å². The van der Waals surface area contributed by atoms with Crippen molar-refractivity contribution in [1.82, 2.24) is 5.43 Å². The molecule has 156 valence electrons. The Morgan fingerprint density at radius 1 is 0.968 bits per heavy atom. The molecule has 0 unspecified atom stereocenters. The molecule has 1 aliphatic heterocycles. The molecule has 4 rings (SSSR count). The number of benzene rings is 3. The van der Waals surface area contributed by atoms with E-state index >= 15 is 0 Å². The Balaban J connectivity index is 1.54. The van der Waals surface area contributed by atoms with Crippen LogP contribution in [0.2, 0.25) is 5.02 Å². The van der Waals surface area contributed by atoms with Gasteiger partial charge >= 0.3 is 0 Å². The predicted molar refractivity (Wildman–Crippen MR) is 119 cm³/mol. The van der Waals surface area contributed by atoms with Gasteiger partial charge in [-0.15, -0.1) is 0 Å². The maximum Gasteiger partial charge on any atom is 0.282 e. The first-order chi connectivity index (χ1) is 15.0. The summed E-state index contributed by atoms with van der Waals surface area (Å²) >= 11 is 5.89. The highest BCUT2D eigenvalue weighted by Crippen LogP contribution is 2.30. The average molecular weight is 435 g/mol. The topological polar surface area (TPSA) is 67.9 Å². The second-order valence-corrected chi connectivity index (χ2v) is 7.24. The van der Waals surface area contributed by atoms with Gasteiger partial charge < -0.3 is 9.47 Å². The standard InChI is InChI=1S/C24H19ClN2O4/c1-30-22-14-17(7-12-21(22)31-15-16-5-3-2-4-6-16)13-20-23(28)26-27(24(20)29)19-10-8-18(25)9-11-19/h2-14H,15H2,1H3,(H,26,28)/b20-13+. The zero-order valence-corrected chi connectivity index (χ0v) is 17.4. The summed E-state index contributed by atoms with van der Waals surface area (Å²) in [5.41, 5.74) is 4.78. The van der Waals surface area contributed by atoms with Crippen molar-refractivity contribution < 1.29 is 19.1 Å². The van der Waals surface area contributed by atoms with Gasteiger partial charge in [-0.3, -0.25) is 15.0 Å². The van der Waals surface area contributed by atoms with E-state index in [9.17, 15) is 9.59 Å². The summed E-state index contributed by atoms with van der Waals surface area (Å²) in [4.78, 5) is 25.2. The molecule has 1 N–H and O–H groups in total. The van der Waals surface area contributed by atoms with Gasteiger partial charge in [-0.2, -0.15) is 0 Å². The number of nitrogens with one attached hydrogen (secondary N) is 1. The van der Waals surface area contributed by atoms with Gasteiger partial charge in [0.25, 0.3) is 11.8 Å². The molecule has 0 aliphatic carbocycles. The molecule has 31 heavy (non-hydrogen) atoms. The van der Waals surface area contributed by atoms with E-state index in [-0.39, 0.29) is 5.57 Å². The molecule has 0 aromatic heterocycles. The lowest BCUT2D eigenvalue weighted by Gasteiger charge is -2.14. The average Bonchev–Trinajstić information content (AvgIpc) is 3.07. The first kappa shape index (κ1) is 20.5. The Hall–Kier alpha value is -3.77. The lowest BCUT2D eigenvalue weighted by atomic mass is 10.1. The normalized spacial score (nSPS) is 14.6. The Morgan fingerprint density at radius 2 is 1.71 bits per heavy atom. The van der Waals surface area contributed by atoms with Gasteiger partial charge in [0, 0.05) is 5.02 Å². The second kappa shape index (κ2) is 8.93. The lowest BCUT2D eigenvalue weighted by Crippen LogP contribution is -2.35. The molecule has 0 saturated carbocycles. The van der Waals surface area contributed by atoms with Gasteiger partial charge in [0.05, 0.1) is 12.8 Å². The monoisotopic (exact) mass is 434 g/mol. The number of carbonyl (C=O) groups excluding carboxylic acids is 2. The van der Waals surface area contributed by atoms with Crippen LogP contribution in [0.25, 0.3) is 6.08 Å². The van der Waals surface area contributed by atoms with Crippen molar-refractivity contribution >= 4 is 35.2 Å². The summed E-state index contributed by atoms with van der Waals surface area (Å²) in [6.45, 7) is 0.397. The minimum absolute atomic E-state index is 0.0231. The lowest BCUT2D eigenvalue weighted by molar-refractivity contribution is -0.117. The molecule has 3 aromatic carbocycles. The third kappa shape index (κ3) is 4.54. The third-order valence-corrected chi connectivity index (χ3v) is 4.96. The van der Waals surface area contributed by atoms with Gasteiger partial charge in [-0.25, -0.2) is 5.01 Å².